The van der Waals surface area contributed by atoms with Crippen molar-refractivity contribution in [3.05, 3.63) is 29.8 Å². The van der Waals surface area contributed by atoms with Crippen molar-refractivity contribution in [2.24, 2.45) is 28.1 Å². The zero-order valence-electron chi connectivity index (χ0n) is 20.6. The summed E-state index contributed by atoms with van der Waals surface area (Å²) in [5.41, 5.74) is 17.3. The smallest absolute Gasteiger partial charge is 0.326 e. The maximum absolute atomic E-state index is 12.8. The topological polar surface area (TPSA) is 235 Å². The first-order valence-electron chi connectivity index (χ1n) is 11.6. The summed E-state index contributed by atoms with van der Waals surface area (Å²) in [6.45, 7) is 3.40. The van der Waals surface area contributed by atoms with Gasteiger partial charge in [0.2, 0.25) is 17.7 Å². The SMILES string of the molecule is CC(C)CC(NC(=O)CNC(=O)C(CCCN=C(N)N)NC(=O)C(N)Cc1ccc(O)cc1)C(=O)O. The lowest BCUT2D eigenvalue weighted by Crippen LogP contribution is -2.54. The number of aromatic hydroxyl groups is 1. The van der Waals surface area contributed by atoms with Crippen LogP contribution < -0.4 is 33.2 Å². The lowest BCUT2D eigenvalue weighted by Gasteiger charge is -2.21. The average molecular weight is 508 g/mol. The van der Waals surface area contributed by atoms with Gasteiger partial charge in [-0.3, -0.25) is 19.4 Å². The minimum atomic E-state index is -1.17. The summed E-state index contributed by atoms with van der Waals surface area (Å²) in [7, 11) is 0. The van der Waals surface area contributed by atoms with Crippen LogP contribution >= 0.6 is 0 Å². The van der Waals surface area contributed by atoms with Crippen LogP contribution in [-0.2, 0) is 25.6 Å². The van der Waals surface area contributed by atoms with Gasteiger partial charge in [-0.25, -0.2) is 4.79 Å². The molecule has 200 valence electrons. The van der Waals surface area contributed by atoms with Crippen molar-refractivity contribution < 1.29 is 29.4 Å². The molecule has 0 aromatic heterocycles. The Balaban J connectivity index is 2.76. The molecule has 0 aliphatic heterocycles. The molecule has 3 amide bonds. The van der Waals surface area contributed by atoms with Crippen LogP contribution in [0.3, 0.4) is 0 Å². The quantitative estimate of drug-likeness (QED) is 0.0784. The Labute approximate surface area is 209 Å². The molecule has 0 radical (unpaired) electrons. The molecule has 1 aromatic rings. The second kappa shape index (κ2) is 15.2. The van der Waals surface area contributed by atoms with E-state index >= 15 is 0 Å². The fraction of sp³-hybridized carbons (Fsp3) is 0.522. The van der Waals surface area contributed by atoms with E-state index in [2.05, 4.69) is 20.9 Å². The molecule has 0 saturated carbocycles. The third-order valence-corrected chi connectivity index (χ3v) is 5.07. The highest BCUT2D eigenvalue weighted by Crippen LogP contribution is 2.11. The van der Waals surface area contributed by atoms with Gasteiger partial charge in [-0.2, -0.15) is 0 Å². The number of carboxylic acids is 1. The minimum absolute atomic E-state index is 0.0385. The molecule has 0 aliphatic carbocycles. The summed E-state index contributed by atoms with van der Waals surface area (Å²) in [6.07, 6.45) is 0.916. The fourth-order valence-corrected chi connectivity index (χ4v) is 3.26. The molecule has 13 nitrogen and oxygen atoms in total. The van der Waals surface area contributed by atoms with Gasteiger partial charge in [-0.05, 0) is 49.3 Å². The summed E-state index contributed by atoms with van der Waals surface area (Å²) < 4.78 is 0. The van der Waals surface area contributed by atoms with E-state index in [1.807, 2.05) is 13.8 Å². The standard InChI is InChI=1S/C23H37N7O6/c1-13(2)10-18(22(35)36)29-19(32)12-28-21(34)17(4-3-9-27-23(25)26)30-20(33)16(24)11-14-5-7-15(31)8-6-14/h5-8,13,16-18,31H,3-4,9-12,24H2,1-2H3,(H,28,34)(H,29,32)(H,30,33)(H,35,36)(H4,25,26,27). The molecule has 1 rings (SSSR count). The summed E-state index contributed by atoms with van der Waals surface area (Å²) in [5.74, 6) is -3.06. The Kier molecular flexibility index (Phi) is 12.7. The number of carboxylic acid groups (broad SMARTS) is 1. The summed E-state index contributed by atoms with van der Waals surface area (Å²) >= 11 is 0. The molecular weight excluding hydrogens is 470 g/mol. The van der Waals surface area contributed by atoms with Gasteiger partial charge in [0.25, 0.3) is 0 Å². The van der Waals surface area contributed by atoms with Crippen molar-refractivity contribution >= 4 is 29.7 Å². The van der Waals surface area contributed by atoms with Crippen molar-refractivity contribution in [1.82, 2.24) is 16.0 Å². The fourth-order valence-electron chi connectivity index (χ4n) is 3.26. The van der Waals surface area contributed by atoms with E-state index in [1.165, 1.54) is 12.1 Å². The van der Waals surface area contributed by atoms with Gasteiger partial charge in [0.15, 0.2) is 5.96 Å². The summed E-state index contributed by atoms with van der Waals surface area (Å²) in [4.78, 5) is 52.8. The van der Waals surface area contributed by atoms with E-state index in [9.17, 15) is 29.4 Å². The molecule has 11 N–H and O–H groups in total. The number of hydrogen-bond donors (Lipinski definition) is 8. The van der Waals surface area contributed by atoms with Gasteiger partial charge < -0.3 is 43.4 Å². The van der Waals surface area contributed by atoms with Crippen LogP contribution in [0.1, 0.15) is 38.7 Å². The van der Waals surface area contributed by atoms with E-state index in [0.717, 1.165) is 5.56 Å². The zero-order chi connectivity index (χ0) is 27.3. The van der Waals surface area contributed by atoms with Crippen LogP contribution in [0.15, 0.2) is 29.3 Å². The number of nitrogens with two attached hydrogens (primary N) is 3. The molecule has 0 heterocycles. The maximum atomic E-state index is 12.8. The lowest BCUT2D eigenvalue weighted by atomic mass is 10.0. The highest BCUT2D eigenvalue weighted by Gasteiger charge is 2.25. The number of carbonyl (C=O) groups excluding carboxylic acids is 3. The number of phenols is 1. The Hall–Kier alpha value is -3.87. The van der Waals surface area contributed by atoms with Crippen molar-refractivity contribution in [3.8, 4) is 5.75 Å². The van der Waals surface area contributed by atoms with E-state index in [0.29, 0.717) is 6.42 Å². The van der Waals surface area contributed by atoms with E-state index in [-0.39, 0.29) is 43.4 Å². The van der Waals surface area contributed by atoms with Gasteiger partial charge in [0, 0.05) is 6.54 Å². The lowest BCUT2D eigenvalue weighted by molar-refractivity contribution is -0.142. The van der Waals surface area contributed by atoms with Crippen LogP contribution in [0, 0.1) is 5.92 Å². The second-order valence-electron chi connectivity index (χ2n) is 8.79. The third-order valence-electron chi connectivity index (χ3n) is 5.07. The Bertz CT molecular complexity index is 916. The number of nitrogens with zero attached hydrogens (tertiary/aromatic N) is 1. The van der Waals surface area contributed by atoms with Crippen molar-refractivity contribution in [2.45, 2.75) is 57.7 Å². The van der Waals surface area contributed by atoms with Crippen molar-refractivity contribution in [3.63, 3.8) is 0 Å². The molecule has 0 spiro atoms. The largest absolute Gasteiger partial charge is 0.508 e. The van der Waals surface area contributed by atoms with Crippen LogP contribution in [0.2, 0.25) is 0 Å². The normalized spacial score (nSPS) is 13.2. The van der Waals surface area contributed by atoms with E-state index in [1.54, 1.807) is 12.1 Å². The molecular formula is C23H37N7O6. The van der Waals surface area contributed by atoms with Gasteiger partial charge in [-0.15, -0.1) is 0 Å². The molecule has 0 fully saturated rings. The number of benzene rings is 1. The van der Waals surface area contributed by atoms with Crippen LogP contribution in [0.5, 0.6) is 5.75 Å². The van der Waals surface area contributed by atoms with E-state index in [4.69, 9.17) is 17.2 Å². The highest BCUT2D eigenvalue weighted by atomic mass is 16.4. The van der Waals surface area contributed by atoms with Crippen LogP contribution in [0.25, 0.3) is 0 Å². The first kappa shape index (κ1) is 30.2. The molecule has 1 aromatic carbocycles. The van der Waals surface area contributed by atoms with Crippen LogP contribution in [-0.4, -0.2) is 71.1 Å². The number of phenolic OH excluding ortho intramolecular Hbond substituents is 1. The number of amides is 3. The van der Waals surface area contributed by atoms with Gasteiger partial charge in [0.1, 0.15) is 17.8 Å². The number of aliphatic imine (C=N–C) groups is 1. The number of guanidine groups is 1. The molecule has 0 saturated heterocycles. The predicted octanol–water partition coefficient (Wildman–Crippen LogP) is -1.47. The minimum Gasteiger partial charge on any atom is -0.508 e. The number of hydrogen-bond acceptors (Lipinski definition) is 7. The molecule has 3 unspecified atom stereocenters. The highest BCUT2D eigenvalue weighted by molar-refractivity contribution is 5.92. The number of nitrogens with one attached hydrogen (secondary N) is 3. The molecule has 0 bridgehead atoms. The van der Waals surface area contributed by atoms with Crippen LogP contribution in [0.4, 0.5) is 0 Å². The van der Waals surface area contributed by atoms with Crippen molar-refractivity contribution in [1.29, 1.82) is 0 Å². The summed E-state index contributed by atoms with van der Waals surface area (Å²) in [5, 5.41) is 26.0. The van der Waals surface area contributed by atoms with Gasteiger partial charge in [-0.1, -0.05) is 26.0 Å². The van der Waals surface area contributed by atoms with Crippen molar-refractivity contribution in [2.75, 3.05) is 13.1 Å². The molecule has 36 heavy (non-hydrogen) atoms. The number of rotatable bonds is 15. The number of aliphatic carboxylic acids is 1. The average Bonchev–Trinajstić information content (AvgIpc) is 2.79. The van der Waals surface area contributed by atoms with Gasteiger partial charge >= 0.3 is 5.97 Å². The van der Waals surface area contributed by atoms with E-state index < -0.39 is 48.4 Å². The first-order chi connectivity index (χ1) is 16.9. The molecule has 13 heteroatoms. The first-order valence-corrected chi connectivity index (χ1v) is 11.6. The van der Waals surface area contributed by atoms with Gasteiger partial charge in [0.05, 0.1) is 12.6 Å². The Morgan fingerprint density at radius 1 is 1.00 bits per heavy atom. The molecule has 0 aliphatic rings. The Morgan fingerprint density at radius 2 is 1.64 bits per heavy atom. The zero-order valence-corrected chi connectivity index (χ0v) is 20.6. The molecule has 3 atom stereocenters. The number of carbonyl (C=O) groups is 4. The maximum Gasteiger partial charge on any atom is 0.326 e. The second-order valence-corrected chi connectivity index (χ2v) is 8.79. The summed E-state index contributed by atoms with van der Waals surface area (Å²) in [6, 6.07) is 3.12. The predicted molar refractivity (Wildman–Crippen MR) is 134 cm³/mol. The third kappa shape index (κ3) is 12.0. The monoisotopic (exact) mass is 507 g/mol. The Morgan fingerprint density at radius 3 is 2.19 bits per heavy atom.